The summed E-state index contributed by atoms with van der Waals surface area (Å²) in [5.74, 6) is 0.683. The lowest BCUT2D eigenvalue weighted by atomic mass is 10.1. The molecule has 2 heterocycles. The fraction of sp³-hybridized carbons (Fsp3) is 0.278. The number of nitrogens with zero attached hydrogens (tertiary/aromatic N) is 4. The van der Waals surface area contributed by atoms with Gasteiger partial charge < -0.3 is 9.80 Å². The van der Waals surface area contributed by atoms with E-state index in [0.29, 0.717) is 48.1 Å². The van der Waals surface area contributed by atoms with Crippen LogP contribution in [0.2, 0.25) is 5.02 Å². The Balaban J connectivity index is 1.72. The van der Waals surface area contributed by atoms with Crippen LogP contribution in [0.25, 0.3) is 0 Å². The van der Waals surface area contributed by atoms with E-state index in [9.17, 15) is 10.1 Å². The first-order valence-electron chi connectivity index (χ1n) is 7.75. The van der Waals surface area contributed by atoms with Crippen molar-refractivity contribution in [2.75, 3.05) is 31.1 Å². The first kappa shape index (κ1) is 16.3. The van der Waals surface area contributed by atoms with E-state index in [0.717, 1.165) is 5.56 Å². The molecule has 1 aromatic carbocycles. The van der Waals surface area contributed by atoms with Crippen LogP contribution in [0.5, 0.6) is 0 Å². The topological polar surface area (TPSA) is 60.2 Å². The molecule has 5 nitrogen and oxygen atoms in total. The van der Waals surface area contributed by atoms with Gasteiger partial charge in [0, 0.05) is 43.0 Å². The normalized spacial score (nSPS) is 14.4. The second-order valence-electron chi connectivity index (χ2n) is 5.73. The highest BCUT2D eigenvalue weighted by Crippen LogP contribution is 2.22. The Kier molecular flexibility index (Phi) is 4.68. The van der Waals surface area contributed by atoms with Crippen LogP contribution < -0.4 is 4.90 Å². The molecule has 0 saturated carbocycles. The Bertz CT molecular complexity index is 807. The van der Waals surface area contributed by atoms with Crippen LogP contribution >= 0.6 is 11.6 Å². The molecule has 1 aromatic heterocycles. The number of benzene rings is 1. The SMILES string of the molecule is Cc1ccnc(N2CCN(C(=O)c3cccc(Cl)c3)CC2)c1C#N. The Morgan fingerprint density at radius 2 is 2.00 bits per heavy atom. The van der Waals surface area contributed by atoms with E-state index >= 15 is 0 Å². The van der Waals surface area contributed by atoms with E-state index in [2.05, 4.69) is 16.0 Å². The smallest absolute Gasteiger partial charge is 0.254 e. The van der Waals surface area contributed by atoms with Gasteiger partial charge in [-0.3, -0.25) is 4.79 Å². The van der Waals surface area contributed by atoms with Crippen molar-refractivity contribution in [1.82, 2.24) is 9.88 Å². The number of carbonyl (C=O) groups is 1. The zero-order valence-corrected chi connectivity index (χ0v) is 14.1. The van der Waals surface area contributed by atoms with Crippen molar-refractivity contribution in [3.63, 3.8) is 0 Å². The highest BCUT2D eigenvalue weighted by Gasteiger charge is 2.24. The molecule has 1 aliphatic heterocycles. The molecule has 0 aliphatic carbocycles. The van der Waals surface area contributed by atoms with E-state index in [1.807, 2.05) is 17.9 Å². The van der Waals surface area contributed by atoms with Crippen LogP contribution in [0.15, 0.2) is 36.5 Å². The molecule has 1 aliphatic rings. The second-order valence-corrected chi connectivity index (χ2v) is 6.16. The van der Waals surface area contributed by atoms with Gasteiger partial charge >= 0.3 is 0 Å². The maximum Gasteiger partial charge on any atom is 0.254 e. The molecule has 3 rings (SSSR count). The van der Waals surface area contributed by atoms with Crippen LogP contribution in [0.1, 0.15) is 21.5 Å². The largest absolute Gasteiger partial charge is 0.352 e. The molecule has 1 fully saturated rings. The third-order valence-electron chi connectivity index (χ3n) is 4.19. The zero-order valence-electron chi connectivity index (χ0n) is 13.4. The number of aromatic nitrogens is 1. The summed E-state index contributed by atoms with van der Waals surface area (Å²) in [5, 5.41) is 9.91. The monoisotopic (exact) mass is 340 g/mol. The molecule has 1 saturated heterocycles. The number of piperazine rings is 1. The fourth-order valence-corrected chi connectivity index (χ4v) is 3.04. The Morgan fingerprint density at radius 3 is 2.67 bits per heavy atom. The third kappa shape index (κ3) is 3.19. The molecule has 0 spiro atoms. The maximum atomic E-state index is 12.6. The number of rotatable bonds is 2. The predicted octanol–water partition coefficient (Wildman–Crippen LogP) is 2.88. The zero-order chi connectivity index (χ0) is 17.1. The van der Waals surface area contributed by atoms with Gasteiger partial charge in [0.25, 0.3) is 5.91 Å². The lowest BCUT2D eigenvalue weighted by Gasteiger charge is -2.36. The number of nitriles is 1. The maximum absolute atomic E-state index is 12.6. The van der Waals surface area contributed by atoms with Crippen LogP contribution in [0, 0.1) is 18.3 Å². The molecule has 6 heteroatoms. The lowest BCUT2D eigenvalue weighted by Crippen LogP contribution is -2.49. The van der Waals surface area contributed by atoms with Crippen LogP contribution in [-0.4, -0.2) is 42.0 Å². The molecule has 0 unspecified atom stereocenters. The minimum Gasteiger partial charge on any atom is -0.352 e. The summed E-state index contributed by atoms with van der Waals surface area (Å²) in [7, 11) is 0. The summed E-state index contributed by atoms with van der Waals surface area (Å²) in [6.45, 7) is 4.38. The number of hydrogen-bond acceptors (Lipinski definition) is 4. The molecule has 1 amide bonds. The minimum absolute atomic E-state index is 0.0186. The van der Waals surface area contributed by atoms with Crippen LogP contribution in [-0.2, 0) is 0 Å². The standard InChI is InChI=1S/C18H17ClN4O/c1-13-5-6-21-17(16(13)12-20)22-7-9-23(10-8-22)18(24)14-3-2-4-15(19)11-14/h2-6,11H,7-10H2,1H3. The molecule has 24 heavy (non-hydrogen) atoms. The van der Waals surface area contributed by atoms with Gasteiger partial charge in [-0.25, -0.2) is 4.98 Å². The highest BCUT2D eigenvalue weighted by molar-refractivity contribution is 6.30. The van der Waals surface area contributed by atoms with Crippen molar-refractivity contribution in [3.05, 3.63) is 58.2 Å². The average Bonchev–Trinajstić information content (AvgIpc) is 2.61. The number of pyridine rings is 1. The quantitative estimate of drug-likeness (QED) is 0.843. The third-order valence-corrected chi connectivity index (χ3v) is 4.42. The van der Waals surface area contributed by atoms with Gasteiger partial charge in [-0.2, -0.15) is 5.26 Å². The summed E-state index contributed by atoms with van der Waals surface area (Å²) in [5.41, 5.74) is 2.12. The summed E-state index contributed by atoms with van der Waals surface area (Å²) < 4.78 is 0. The van der Waals surface area contributed by atoms with E-state index in [-0.39, 0.29) is 5.91 Å². The molecule has 0 N–H and O–H groups in total. The number of amides is 1. The van der Waals surface area contributed by atoms with Gasteiger partial charge in [-0.15, -0.1) is 0 Å². The van der Waals surface area contributed by atoms with Crippen molar-refractivity contribution in [1.29, 1.82) is 5.26 Å². The number of hydrogen-bond donors (Lipinski definition) is 0. The molecule has 0 radical (unpaired) electrons. The molecule has 2 aromatic rings. The highest BCUT2D eigenvalue weighted by atomic mass is 35.5. The number of halogens is 1. The van der Waals surface area contributed by atoms with Gasteiger partial charge in [0.05, 0.1) is 5.56 Å². The Morgan fingerprint density at radius 1 is 1.25 bits per heavy atom. The van der Waals surface area contributed by atoms with E-state index < -0.39 is 0 Å². The van der Waals surface area contributed by atoms with Crippen molar-refractivity contribution in [2.24, 2.45) is 0 Å². The summed E-state index contributed by atoms with van der Waals surface area (Å²) in [6.07, 6.45) is 1.72. The molecule has 0 atom stereocenters. The van der Waals surface area contributed by atoms with Crippen molar-refractivity contribution >= 4 is 23.3 Å². The first-order valence-corrected chi connectivity index (χ1v) is 8.13. The van der Waals surface area contributed by atoms with Gasteiger partial charge in [0.2, 0.25) is 0 Å². The van der Waals surface area contributed by atoms with Gasteiger partial charge in [-0.1, -0.05) is 17.7 Å². The number of carbonyl (C=O) groups excluding carboxylic acids is 1. The average molecular weight is 341 g/mol. The van der Waals surface area contributed by atoms with Gasteiger partial charge in [0.15, 0.2) is 0 Å². The van der Waals surface area contributed by atoms with E-state index in [1.165, 1.54) is 0 Å². The summed E-state index contributed by atoms with van der Waals surface area (Å²) in [6, 6.07) is 11.1. The summed E-state index contributed by atoms with van der Waals surface area (Å²) in [4.78, 5) is 20.8. The Labute approximate surface area is 146 Å². The molecular formula is C18H17ClN4O. The molecule has 122 valence electrons. The van der Waals surface area contributed by atoms with Crippen LogP contribution in [0.3, 0.4) is 0 Å². The second kappa shape index (κ2) is 6.90. The number of anilines is 1. The van der Waals surface area contributed by atoms with Gasteiger partial charge in [-0.05, 0) is 36.8 Å². The van der Waals surface area contributed by atoms with Crippen molar-refractivity contribution < 1.29 is 4.79 Å². The summed E-state index contributed by atoms with van der Waals surface area (Å²) >= 11 is 5.96. The molecular weight excluding hydrogens is 324 g/mol. The van der Waals surface area contributed by atoms with Crippen LogP contribution in [0.4, 0.5) is 5.82 Å². The predicted molar refractivity (Wildman–Crippen MR) is 93.3 cm³/mol. The van der Waals surface area contributed by atoms with E-state index in [4.69, 9.17) is 11.6 Å². The first-order chi connectivity index (χ1) is 11.6. The van der Waals surface area contributed by atoms with Crippen molar-refractivity contribution in [3.8, 4) is 6.07 Å². The Hall–Kier alpha value is -2.58. The van der Waals surface area contributed by atoms with Gasteiger partial charge in [0.1, 0.15) is 11.9 Å². The van der Waals surface area contributed by atoms with E-state index in [1.54, 1.807) is 30.5 Å². The number of aryl methyl sites for hydroxylation is 1. The molecule has 0 bridgehead atoms. The minimum atomic E-state index is -0.0186. The fourth-order valence-electron chi connectivity index (χ4n) is 2.85. The lowest BCUT2D eigenvalue weighted by molar-refractivity contribution is 0.0746. The van der Waals surface area contributed by atoms with Crippen molar-refractivity contribution in [2.45, 2.75) is 6.92 Å².